The van der Waals surface area contributed by atoms with Gasteiger partial charge in [0.1, 0.15) is 5.82 Å². The first kappa shape index (κ1) is 14.4. The average Bonchev–Trinajstić information content (AvgIpc) is 2.93. The molecule has 0 bridgehead atoms. The number of nitrogens with one attached hydrogen (secondary N) is 1. The van der Waals surface area contributed by atoms with Crippen LogP contribution >= 0.6 is 23.3 Å². The van der Waals surface area contributed by atoms with Crippen LogP contribution in [0.25, 0.3) is 0 Å². The van der Waals surface area contributed by atoms with Crippen LogP contribution < -0.4 is 5.32 Å². The Labute approximate surface area is 121 Å². The van der Waals surface area contributed by atoms with Gasteiger partial charge in [-0.15, -0.1) is 0 Å². The third-order valence-corrected chi connectivity index (χ3v) is 3.75. The van der Waals surface area contributed by atoms with Crippen LogP contribution in [0.3, 0.4) is 0 Å². The monoisotopic (exact) mass is 299 g/mol. The summed E-state index contributed by atoms with van der Waals surface area (Å²) in [5.41, 5.74) is 1.65. The Morgan fingerprint density at radius 2 is 2.32 bits per heavy atom. The summed E-state index contributed by atoms with van der Waals surface area (Å²) in [6.45, 7) is 2.97. The number of aromatic nitrogens is 2. The second-order valence-electron chi connectivity index (χ2n) is 4.26. The van der Waals surface area contributed by atoms with Crippen LogP contribution in [-0.4, -0.2) is 15.3 Å². The van der Waals surface area contributed by atoms with Gasteiger partial charge in [-0.2, -0.15) is 8.75 Å². The third kappa shape index (κ3) is 3.72. The lowest BCUT2D eigenvalue weighted by atomic mass is 10.0. The molecule has 0 amide bonds. The SMILES string of the molecule is CCCNC(Cc1cccc(F)c1Cl)c1cnsn1. The first-order valence-electron chi connectivity index (χ1n) is 6.16. The van der Waals surface area contributed by atoms with E-state index in [-0.39, 0.29) is 16.9 Å². The van der Waals surface area contributed by atoms with Gasteiger partial charge in [-0.05, 0) is 31.0 Å². The quantitative estimate of drug-likeness (QED) is 0.885. The van der Waals surface area contributed by atoms with Gasteiger partial charge in [0.05, 0.1) is 34.7 Å². The van der Waals surface area contributed by atoms with Crippen molar-refractivity contribution in [3.8, 4) is 0 Å². The van der Waals surface area contributed by atoms with Crippen molar-refractivity contribution < 1.29 is 4.39 Å². The van der Waals surface area contributed by atoms with Crippen LogP contribution in [0, 0.1) is 5.82 Å². The number of hydrogen-bond acceptors (Lipinski definition) is 4. The van der Waals surface area contributed by atoms with E-state index in [9.17, 15) is 4.39 Å². The van der Waals surface area contributed by atoms with Crippen molar-refractivity contribution in [3.05, 3.63) is 46.5 Å². The number of benzene rings is 1. The molecule has 0 saturated heterocycles. The molecule has 1 heterocycles. The van der Waals surface area contributed by atoms with Gasteiger partial charge in [0.25, 0.3) is 0 Å². The maximum absolute atomic E-state index is 13.4. The first-order valence-corrected chi connectivity index (χ1v) is 7.27. The van der Waals surface area contributed by atoms with Crippen LogP contribution in [0.4, 0.5) is 4.39 Å². The minimum atomic E-state index is -0.384. The van der Waals surface area contributed by atoms with E-state index in [1.807, 2.05) is 6.07 Å². The maximum atomic E-state index is 13.4. The zero-order valence-corrected chi connectivity index (χ0v) is 12.1. The minimum absolute atomic E-state index is 0.0120. The van der Waals surface area contributed by atoms with E-state index in [4.69, 9.17) is 11.6 Å². The Hall–Kier alpha value is -1.04. The van der Waals surface area contributed by atoms with Crippen LogP contribution in [0.2, 0.25) is 5.02 Å². The molecule has 1 aromatic carbocycles. The third-order valence-electron chi connectivity index (χ3n) is 2.83. The van der Waals surface area contributed by atoms with Gasteiger partial charge in [-0.3, -0.25) is 0 Å². The topological polar surface area (TPSA) is 37.8 Å². The molecule has 1 atom stereocenters. The number of nitrogens with zero attached hydrogens (tertiary/aromatic N) is 2. The highest BCUT2D eigenvalue weighted by Crippen LogP contribution is 2.25. The molecule has 102 valence electrons. The zero-order valence-electron chi connectivity index (χ0n) is 10.6. The summed E-state index contributed by atoms with van der Waals surface area (Å²) in [6, 6.07) is 4.89. The first-order chi connectivity index (χ1) is 9.22. The van der Waals surface area contributed by atoms with Crippen molar-refractivity contribution in [2.75, 3.05) is 6.54 Å². The van der Waals surface area contributed by atoms with E-state index in [1.54, 1.807) is 12.3 Å². The number of hydrogen-bond donors (Lipinski definition) is 1. The molecule has 0 radical (unpaired) electrons. The molecule has 0 spiro atoms. The molecular formula is C13H15ClFN3S. The van der Waals surface area contributed by atoms with E-state index in [0.29, 0.717) is 6.42 Å². The Morgan fingerprint density at radius 3 is 3.00 bits per heavy atom. The Morgan fingerprint density at radius 1 is 1.47 bits per heavy atom. The van der Waals surface area contributed by atoms with E-state index in [2.05, 4.69) is 21.0 Å². The molecule has 0 aliphatic rings. The predicted octanol–water partition coefficient (Wildman–Crippen LogP) is 3.61. The molecule has 0 aliphatic heterocycles. The maximum Gasteiger partial charge on any atom is 0.142 e. The minimum Gasteiger partial charge on any atom is -0.308 e. The van der Waals surface area contributed by atoms with E-state index >= 15 is 0 Å². The molecule has 2 aromatic rings. The zero-order chi connectivity index (χ0) is 13.7. The molecule has 1 N–H and O–H groups in total. The Kier molecular flexibility index (Phi) is 5.24. The number of rotatable bonds is 6. The van der Waals surface area contributed by atoms with Gasteiger partial charge >= 0.3 is 0 Å². The summed E-state index contributed by atoms with van der Waals surface area (Å²) < 4.78 is 21.7. The van der Waals surface area contributed by atoms with Crippen LogP contribution in [0.15, 0.2) is 24.4 Å². The van der Waals surface area contributed by atoms with E-state index in [0.717, 1.165) is 24.2 Å². The summed E-state index contributed by atoms with van der Waals surface area (Å²) in [5.74, 6) is -0.384. The van der Waals surface area contributed by atoms with Gasteiger partial charge in [-0.25, -0.2) is 4.39 Å². The van der Waals surface area contributed by atoms with Crippen LogP contribution in [0.1, 0.15) is 30.6 Å². The predicted molar refractivity (Wildman–Crippen MR) is 76.1 cm³/mol. The molecule has 2 rings (SSSR count). The van der Waals surface area contributed by atoms with Gasteiger partial charge < -0.3 is 5.32 Å². The van der Waals surface area contributed by atoms with E-state index in [1.165, 1.54) is 17.8 Å². The average molecular weight is 300 g/mol. The molecular weight excluding hydrogens is 285 g/mol. The molecule has 0 fully saturated rings. The molecule has 1 aromatic heterocycles. The molecule has 1 unspecified atom stereocenters. The van der Waals surface area contributed by atoms with Gasteiger partial charge in [0, 0.05) is 0 Å². The summed E-state index contributed by atoms with van der Waals surface area (Å²) in [6.07, 6.45) is 3.36. The van der Waals surface area contributed by atoms with Crippen molar-refractivity contribution in [2.24, 2.45) is 0 Å². The highest BCUT2D eigenvalue weighted by atomic mass is 35.5. The summed E-state index contributed by atoms with van der Waals surface area (Å²) in [4.78, 5) is 0. The fraction of sp³-hybridized carbons (Fsp3) is 0.385. The second kappa shape index (κ2) is 6.93. The molecule has 0 saturated carbocycles. The van der Waals surface area contributed by atoms with E-state index < -0.39 is 0 Å². The van der Waals surface area contributed by atoms with Crippen LogP contribution in [-0.2, 0) is 6.42 Å². The van der Waals surface area contributed by atoms with Crippen molar-refractivity contribution in [1.82, 2.24) is 14.1 Å². The van der Waals surface area contributed by atoms with Crippen molar-refractivity contribution >= 4 is 23.3 Å². The largest absolute Gasteiger partial charge is 0.308 e. The van der Waals surface area contributed by atoms with Gasteiger partial charge in [0.15, 0.2) is 0 Å². The second-order valence-corrected chi connectivity index (χ2v) is 5.19. The van der Waals surface area contributed by atoms with Gasteiger partial charge in [-0.1, -0.05) is 30.7 Å². The molecule has 0 aliphatic carbocycles. The highest BCUT2D eigenvalue weighted by molar-refractivity contribution is 6.99. The lowest BCUT2D eigenvalue weighted by molar-refractivity contribution is 0.519. The number of halogens is 2. The lowest BCUT2D eigenvalue weighted by Crippen LogP contribution is -2.24. The smallest absolute Gasteiger partial charge is 0.142 e. The van der Waals surface area contributed by atoms with Crippen molar-refractivity contribution in [1.29, 1.82) is 0 Å². The summed E-state index contributed by atoms with van der Waals surface area (Å²) in [7, 11) is 0. The lowest BCUT2D eigenvalue weighted by Gasteiger charge is -2.17. The molecule has 3 nitrogen and oxygen atoms in total. The van der Waals surface area contributed by atoms with Crippen molar-refractivity contribution in [3.63, 3.8) is 0 Å². The van der Waals surface area contributed by atoms with Crippen molar-refractivity contribution in [2.45, 2.75) is 25.8 Å². The summed E-state index contributed by atoms with van der Waals surface area (Å²) in [5, 5.41) is 3.58. The van der Waals surface area contributed by atoms with Crippen LogP contribution in [0.5, 0.6) is 0 Å². The fourth-order valence-corrected chi connectivity index (χ4v) is 2.53. The standard InChI is InChI=1S/C13H15ClFN3S/c1-2-6-16-11(12-8-17-19-18-12)7-9-4-3-5-10(15)13(9)14/h3-5,8,11,16H,2,6-7H2,1H3. The van der Waals surface area contributed by atoms with Gasteiger partial charge in [0.2, 0.25) is 0 Å². The Bertz CT molecular complexity index is 519. The normalized spacial score (nSPS) is 12.6. The fourth-order valence-electron chi connectivity index (χ4n) is 1.85. The molecule has 6 heteroatoms. The molecule has 19 heavy (non-hydrogen) atoms. The Balaban J connectivity index is 2.18. The summed E-state index contributed by atoms with van der Waals surface area (Å²) >= 11 is 7.17. The highest BCUT2D eigenvalue weighted by Gasteiger charge is 2.17.